The van der Waals surface area contributed by atoms with Crippen LogP contribution in [0.4, 0.5) is 0 Å². The van der Waals surface area contributed by atoms with E-state index in [4.69, 9.17) is 0 Å². The van der Waals surface area contributed by atoms with Gasteiger partial charge in [-0.05, 0) is 110 Å². The molecule has 0 spiro atoms. The van der Waals surface area contributed by atoms with E-state index >= 15 is 0 Å². The SMILES string of the molecule is C/C(=C\[C@@H](C)[C@H]1CC[C@H]2C3=CC[C@H]4[C@H](C)[C@@H](O)CC[C@]4(C)[C@H]3CC[C@]12C)[C@@H](C)C(C)C. The normalized spacial score (nSPS) is 47.3. The van der Waals surface area contributed by atoms with Crippen molar-refractivity contribution in [1.29, 1.82) is 0 Å². The van der Waals surface area contributed by atoms with E-state index in [-0.39, 0.29) is 6.10 Å². The first kappa shape index (κ1) is 23.6. The molecular weight excluding hydrogens is 376 g/mol. The van der Waals surface area contributed by atoms with Gasteiger partial charge in [-0.3, -0.25) is 0 Å². The highest BCUT2D eigenvalue weighted by Gasteiger charge is 2.59. The second kappa shape index (κ2) is 8.34. The summed E-state index contributed by atoms with van der Waals surface area (Å²) in [6.45, 7) is 19.6. The zero-order chi connectivity index (χ0) is 22.7. The zero-order valence-corrected chi connectivity index (χ0v) is 21.7. The fraction of sp³-hybridized carbons (Fsp3) is 0.867. The van der Waals surface area contributed by atoms with Crippen molar-refractivity contribution in [3.63, 3.8) is 0 Å². The lowest BCUT2D eigenvalue weighted by Gasteiger charge is -2.59. The molecule has 4 rings (SSSR count). The van der Waals surface area contributed by atoms with E-state index in [1.807, 2.05) is 5.57 Å². The minimum atomic E-state index is -0.0816. The monoisotopic (exact) mass is 426 g/mol. The first-order valence-corrected chi connectivity index (χ1v) is 13.6. The molecule has 0 aromatic rings. The molecule has 31 heavy (non-hydrogen) atoms. The first-order chi connectivity index (χ1) is 14.5. The van der Waals surface area contributed by atoms with Crippen molar-refractivity contribution in [3.8, 4) is 0 Å². The molecule has 0 aromatic heterocycles. The summed E-state index contributed by atoms with van der Waals surface area (Å²) >= 11 is 0. The summed E-state index contributed by atoms with van der Waals surface area (Å²) in [5, 5.41) is 10.5. The highest BCUT2D eigenvalue weighted by atomic mass is 16.3. The van der Waals surface area contributed by atoms with E-state index in [0.717, 1.165) is 30.1 Å². The molecule has 10 atom stereocenters. The molecule has 0 saturated heterocycles. The third-order valence-electron chi connectivity index (χ3n) is 11.5. The van der Waals surface area contributed by atoms with Gasteiger partial charge in [0.25, 0.3) is 0 Å². The summed E-state index contributed by atoms with van der Waals surface area (Å²) < 4.78 is 0. The van der Waals surface area contributed by atoms with E-state index < -0.39 is 0 Å². The van der Waals surface area contributed by atoms with Crippen LogP contribution in [-0.2, 0) is 0 Å². The average molecular weight is 427 g/mol. The maximum absolute atomic E-state index is 10.5. The van der Waals surface area contributed by atoms with Gasteiger partial charge in [0.1, 0.15) is 0 Å². The second-order valence-electron chi connectivity index (χ2n) is 13.2. The maximum Gasteiger partial charge on any atom is 0.0568 e. The van der Waals surface area contributed by atoms with Crippen LogP contribution in [0, 0.1) is 58.2 Å². The molecule has 0 radical (unpaired) electrons. The second-order valence-corrected chi connectivity index (χ2v) is 13.2. The highest BCUT2D eigenvalue weighted by Crippen LogP contribution is 2.67. The lowest BCUT2D eigenvalue weighted by atomic mass is 9.46. The van der Waals surface area contributed by atoms with Gasteiger partial charge in [0.05, 0.1) is 6.10 Å². The number of allylic oxidation sites excluding steroid dienone is 4. The Morgan fingerprint density at radius 1 is 1.00 bits per heavy atom. The van der Waals surface area contributed by atoms with Crippen molar-refractivity contribution in [2.45, 2.75) is 106 Å². The molecule has 0 aliphatic heterocycles. The summed E-state index contributed by atoms with van der Waals surface area (Å²) in [5.74, 6) is 5.62. The average Bonchev–Trinajstić information content (AvgIpc) is 3.07. The van der Waals surface area contributed by atoms with E-state index in [0.29, 0.717) is 34.5 Å². The maximum atomic E-state index is 10.5. The van der Waals surface area contributed by atoms with Crippen LogP contribution < -0.4 is 0 Å². The van der Waals surface area contributed by atoms with Crippen molar-refractivity contribution in [1.82, 2.24) is 0 Å². The number of rotatable bonds is 4. The third-order valence-corrected chi connectivity index (χ3v) is 11.5. The Labute approximate surface area is 193 Å². The summed E-state index contributed by atoms with van der Waals surface area (Å²) in [6, 6.07) is 0. The lowest BCUT2D eigenvalue weighted by molar-refractivity contribution is -0.0767. The van der Waals surface area contributed by atoms with Crippen LogP contribution in [-0.4, -0.2) is 11.2 Å². The van der Waals surface area contributed by atoms with Gasteiger partial charge in [0, 0.05) is 0 Å². The van der Waals surface area contributed by atoms with Gasteiger partial charge in [-0.1, -0.05) is 71.8 Å². The molecule has 0 aromatic carbocycles. The van der Waals surface area contributed by atoms with Gasteiger partial charge in [0.2, 0.25) is 0 Å². The van der Waals surface area contributed by atoms with Gasteiger partial charge in [-0.15, -0.1) is 0 Å². The fourth-order valence-electron chi connectivity index (χ4n) is 9.06. The molecule has 4 aliphatic carbocycles. The van der Waals surface area contributed by atoms with Crippen LogP contribution in [0.2, 0.25) is 0 Å². The molecule has 3 fully saturated rings. The van der Waals surface area contributed by atoms with E-state index in [1.54, 1.807) is 5.57 Å². The van der Waals surface area contributed by atoms with Crippen molar-refractivity contribution in [2.75, 3.05) is 0 Å². The molecule has 3 saturated carbocycles. The Morgan fingerprint density at radius 2 is 1.65 bits per heavy atom. The smallest absolute Gasteiger partial charge is 0.0568 e. The molecule has 1 N–H and O–H groups in total. The molecule has 4 aliphatic rings. The van der Waals surface area contributed by atoms with Gasteiger partial charge >= 0.3 is 0 Å². The predicted molar refractivity (Wildman–Crippen MR) is 133 cm³/mol. The van der Waals surface area contributed by atoms with Gasteiger partial charge in [-0.2, -0.15) is 0 Å². The summed E-state index contributed by atoms with van der Waals surface area (Å²) in [4.78, 5) is 0. The highest BCUT2D eigenvalue weighted by molar-refractivity contribution is 5.28. The van der Waals surface area contributed by atoms with Crippen molar-refractivity contribution >= 4 is 0 Å². The topological polar surface area (TPSA) is 20.2 Å². The van der Waals surface area contributed by atoms with Gasteiger partial charge in [0.15, 0.2) is 0 Å². The minimum Gasteiger partial charge on any atom is -0.393 e. The molecule has 1 heteroatoms. The van der Waals surface area contributed by atoms with Crippen LogP contribution in [0.3, 0.4) is 0 Å². The van der Waals surface area contributed by atoms with E-state index in [1.165, 1.54) is 38.5 Å². The minimum absolute atomic E-state index is 0.0816. The number of fused-ring (bicyclic) bond motifs is 5. The Morgan fingerprint density at radius 3 is 2.32 bits per heavy atom. The van der Waals surface area contributed by atoms with Crippen molar-refractivity contribution in [3.05, 3.63) is 23.3 Å². The largest absolute Gasteiger partial charge is 0.393 e. The summed E-state index contributed by atoms with van der Waals surface area (Å²) in [7, 11) is 0. The Kier molecular flexibility index (Phi) is 6.35. The molecule has 0 amide bonds. The number of aliphatic hydroxyl groups is 1. The Bertz CT molecular complexity index is 731. The Hall–Kier alpha value is -0.560. The third kappa shape index (κ3) is 3.70. The molecule has 176 valence electrons. The quantitative estimate of drug-likeness (QED) is 0.451. The van der Waals surface area contributed by atoms with Crippen LogP contribution in [0.1, 0.15) is 100 Å². The van der Waals surface area contributed by atoms with Gasteiger partial charge < -0.3 is 5.11 Å². The van der Waals surface area contributed by atoms with E-state index in [9.17, 15) is 5.11 Å². The Balaban J connectivity index is 1.58. The molecule has 1 nitrogen and oxygen atoms in total. The molecule has 0 unspecified atom stereocenters. The fourth-order valence-corrected chi connectivity index (χ4v) is 9.06. The van der Waals surface area contributed by atoms with Crippen molar-refractivity contribution in [2.24, 2.45) is 58.2 Å². The standard InChI is InChI=1S/C30H50O/c1-18(2)21(5)19(3)17-20(4)24-11-12-26-23-9-10-25-22(6)28(31)14-16-30(25,8)27(23)13-15-29(24,26)7/h9,17-18,20-22,24-28,31H,10-16H2,1-8H3/b19-17+/t20-,21+,22+,24-,25+,26+,27+,28+,29-,30+/m1/s1. The lowest BCUT2D eigenvalue weighted by Crippen LogP contribution is -2.52. The van der Waals surface area contributed by atoms with Crippen LogP contribution in [0.25, 0.3) is 0 Å². The number of hydrogen-bond acceptors (Lipinski definition) is 1. The molecule has 0 bridgehead atoms. The van der Waals surface area contributed by atoms with Crippen molar-refractivity contribution < 1.29 is 5.11 Å². The number of hydrogen-bond donors (Lipinski definition) is 1. The molecular formula is C30H50O. The predicted octanol–water partition coefficient (Wildman–Crippen LogP) is 8.05. The van der Waals surface area contributed by atoms with Crippen LogP contribution >= 0.6 is 0 Å². The first-order valence-electron chi connectivity index (χ1n) is 13.6. The van der Waals surface area contributed by atoms with E-state index in [2.05, 4.69) is 67.5 Å². The zero-order valence-electron chi connectivity index (χ0n) is 21.7. The molecule has 0 heterocycles. The number of aliphatic hydroxyl groups excluding tert-OH is 1. The van der Waals surface area contributed by atoms with Crippen LogP contribution in [0.5, 0.6) is 0 Å². The summed E-state index contributed by atoms with van der Waals surface area (Å²) in [5.41, 5.74) is 4.34. The van der Waals surface area contributed by atoms with Gasteiger partial charge in [-0.25, -0.2) is 0 Å². The van der Waals surface area contributed by atoms with Crippen LogP contribution in [0.15, 0.2) is 23.3 Å². The summed E-state index contributed by atoms with van der Waals surface area (Å²) in [6.07, 6.45) is 14.3.